The highest BCUT2D eigenvalue weighted by Gasteiger charge is 2.32. The molecule has 94 valence electrons. The van der Waals surface area contributed by atoms with E-state index in [1.807, 2.05) is 0 Å². The lowest BCUT2D eigenvalue weighted by Crippen LogP contribution is -2.13. The van der Waals surface area contributed by atoms with Gasteiger partial charge in [0.2, 0.25) is 0 Å². The molecule has 18 heavy (non-hydrogen) atoms. The molecule has 1 unspecified atom stereocenters. The molecule has 0 bridgehead atoms. The van der Waals surface area contributed by atoms with Crippen LogP contribution in [0.4, 0.5) is 4.39 Å². The molecule has 1 aliphatic rings. The van der Waals surface area contributed by atoms with Crippen LogP contribution in [0.5, 0.6) is 0 Å². The van der Waals surface area contributed by atoms with Crippen molar-refractivity contribution in [2.45, 2.75) is 18.9 Å². The smallest absolute Gasteiger partial charge is 0.258 e. The molecule has 0 saturated heterocycles. The molecule has 1 saturated carbocycles. The van der Waals surface area contributed by atoms with Gasteiger partial charge >= 0.3 is 0 Å². The van der Waals surface area contributed by atoms with E-state index in [0.717, 1.165) is 12.8 Å². The molecule has 0 aliphatic heterocycles. The van der Waals surface area contributed by atoms with Gasteiger partial charge in [-0.1, -0.05) is 5.16 Å². The number of nitrogens with zero attached hydrogens (tertiary/aromatic N) is 2. The highest BCUT2D eigenvalue weighted by Crippen LogP contribution is 2.38. The topological polar surface area (TPSA) is 64.9 Å². The fourth-order valence-electron chi connectivity index (χ4n) is 1.78. The van der Waals surface area contributed by atoms with Crippen molar-refractivity contribution in [3.63, 3.8) is 0 Å². The van der Waals surface area contributed by atoms with E-state index >= 15 is 0 Å². The van der Waals surface area contributed by atoms with Crippen molar-refractivity contribution in [1.29, 1.82) is 0 Å². The minimum Gasteiger partial charge on any atom is -0.334 e. The maximum atomic E-state index is 13.4. The Hall–Kier alpha value is -1.27. The number of benzene rings is 1. The van der Waals surface area contributed by atoms with E-state index in [4.69, 9.17) is 10.3 Å². The fraction of sp³-hybridized carbons (Fsp3) is 0.333. The van der Waals surface area contributed by atoms with Gasteiger partial charge in [-0.05, 0) is 52.9 Å². The molecular weight excluding hydrogens is 301 g/mol. The van der Waals surface area contributed by atoms with Gasteiger partial charge in [0.1, 0.15) is 5.82 Å². The summed E-state index contributed by atoms with van der Waals surface area (Å²) in [6, 6.07) is 4.50. The normalized spacial score (nSPS) is 16.8. The fourth-order valence-corrected chi connectivity index (χ4v) is 2.03. The van der Waals surface area contributed by atoms with Crippen molar-refractivity contribution in [2.75, 3.05) is 0 Å². The second kappa shape index (κ2) is 4.44. The largest absolute Gasteiger partial charge is 0.334 e. The zero-order valence-electron chi connectivity index (χ0n) is 9.44. The highest BCUT2D eigenvalue weighted by atomic mass is 79.9. The van der Waals surface area contributed by atoms with Crippen molar-refractivity contribution < 1.29 is 8.91 Å². The number of aromatic nitrogens is 2. The van der Waals surface area contributed by atoms with Crippen LogP contribution in [0.1, 0.15) is 24.7 Å². The predicted octanol–water partition coefficient (Wildman–Crippen LogP) is 3.05. The van der Waals surface area contributed by atoms with Crippen LogP contribution in [0.25, 0.3) is 11.5 Å². The van der Waals surface area contributed by atoms with Crippen molar-refractivity contribution in [3.05, 3.63) is 34.3 Å². The van der Waals surface area contributed by atoms with E-state index < -0.39 is 0 Å². The zero-order chi connectivity index (χ0) is 12.7. The van der Waals surface area contributed by atoms with Crippen molar-refractivity contribution >= 4 is 15.9 Å². The van der Waals surface area contributed by atoms with Gasteiger partial charge < -0.3 is 10.3 Å². The number of hydrogen-bond acceptors (Lipinski definition) is 4. The Bertz CT molecular complexity index is 582. The third kappa shape index (κ3) is 2.18. The average molecular weight is 312 g/mol. The first-order valence-corrected chi connectivity index (χ1v) is 6.49. The van der Waals surface area contributed by atoms with Gasteiger partial charge in [0.25, 0.3) is 5.89 Å². The second-order valence-corrected chi connectivity index (χ2v) is 5.30. The van der Waals surface area contributed by atoms with Crippen LogP contribution in [-0.2, 0) is 0 Å². The van der Waals surface area contributed by atoms with Gasteiger partial charge in [-0.3, -0.25) is 0 Å². The standard InChI is InChI=1S/C12H11BrFN3O/c13-8-4-3-7(5-9(8)14)12-16-11(17-18-12)10(15)6-1-2-6/h3-6,10H,1-2,15H2. The van der Waals surface area contributed by atoms with E-state index in [0.29, 0.717) is 27.7 Å². The summed E-state index contributed by atoms with van der Waals surface area (Å²) >= 11 is 3.10. The lowest BCUT2D eigenvalue weighted by Gasteiger charge is -2.01. The number of halogens is 2. The van der Waals surface area contributed by atoms with Crippen LogP contribution in [-0.4, -0.2) is 10.1 Å². The van der Waals surface area contributed by atoms with Crippen LogP contribution in [0.3, 0.4) is 0 Å². The van der Waals surface area contributed by atoms with Crippen molar-refractivity contribution in [2.24, 2.45) is 11.7 Å². The van der Waals surface area contributed by atoms with Crippen LogP contribution in [0.15, 0.2) is 27.2 Å². The Kier molecular flexibility index (Phi) is 2.91. The van der Waals surface area contributed by atoms with E-state index in [9.17, 15) is 4.39 Å². The van der Waals surface area contributed by atoms with Crippen LogP contribution < -0.4 is 5.73 Å². The molecule has 1 atom stereocenters. The van der Waals surface area contributed by atoms with Crippen LogP contribution in [0.2, 0.25) is 0 Å². The van der Waals surface area contributed by atoms with Gasteiger partial charge in [-0.25, -0.2) is 4.39 Å². The summed E-state index contributed by atoms with van der Waals surface area (Å²) < 4.78 is 18.9. The summed E-state index contributed by atoms with van der Waals surface area (Å²) in [5, 5.41) is 3.86. The molecule has 1 aromatic heterocycles. The molecule has 1 aromatic carbocycles. The van der Waals surface area contributed by atoms with Gasteiger partial charge in [-0.15, -0.1) is 0 Å². The first kappa shape index (κ1) is 11.8. The molecule has 6 heteroatoms. The first-order chi connectivity index (χ1) is 8.65. The highest BCUT2D eigenvalue weighted by molar-refractivity contribution is 9.10. The third-order valence-electron chi connectivity index (χ3n) is 3.04. The van der Waals surface area contributed by atoms with Gasteiger partial charge in [0, 0.05) is 5.56 Å². The SMILES string of the molecule is NC(c1noc(-c2ccc(Br)c(F)c2)n1)C1CC1. The molecule has 2 N–H and O–H groups in total. The number of nitrogens with two attached hydrogens (primary N) is 1. The van der Waals surface area contributed by atoms with Crippen LogP contribution >= 0.6 is 15.9 Å². The maximum Gasteiger partial charge on any atom is 0.258 e. The Labute approximate surface area is 112 Å². The lowest BCUT2D eigenvalue weighted by molar-refractivity contribution is 0.411. The molecule has 1 heterocycles. The third-order valence-corrected chi connectivity index (χ3v) is 3.68. The van der Waals surface area contributed by atoms with E-state index in [1.165, 1.54) is 6.07 Å². The second-order valence-electron chi connectivity index (χ2n) is 4.45. The Morgan fingerprint density at radius 3 is 2.89 bits per heavy atom. The molecule has 0 radical (unpaired) electrons. The number of rotatable bonds is 3. The summed E-state index contributed by atoms with van der Waals surface area (Å²) in [7, 11) is 0. The summed E-state index contributed by atoms with van der Waals surface area (Å²) in [6.07, 6.45) is 2.22. The summed E-state index contributed by atoms with van der Waals surface area (Å²) in [5.41, 5.74) is 6.53. The lowest BCUT2D eigenvalue weighted by atomic mass is 10.2. The monoisotopic (exact) mass is 311 g/mol. The Balaban J connectivity index is 1.89. The zero-order valence-corrected chi connectivity index (χ0v) is 11.0. The molecule has 2 aromatic rings. The molecule has 0 spiro atoms. The number of hydrogen-bond donors (Lipinski definition) is 1. The van der Waals surface area contributed by atoms with E-state index in [2.05, 4.69) is 26.1 Å². The molecular formula is C12H11BrFN3O. The first-order valence-electron chi connectivity index (χ1n) is 5.70. The van der Waals surface area contributed by atoms with Gasteiger partial charge in [-0.2, -0.15) is 4.98 Å². The molecule has 1 fully saturated rings. The summed E-state index contributed by atoms with van der Waals surface area (Å²) in [4.78, 5) is 4.23. The van der Waals surface area contributed by atoms with Crippen molar-refractivity contribution in [3.8, 4) is 11.5 Å². The van der Waals surface area contributed by atoms with E-state index in [1.54, 1.807) is 12.1 Å². The summed E-state index contributed by atoms with van der Waals surface area (Å²) in [5.74, 6) is 0.888. The van der Waals surface area contributed by atoms with Crippen LogP contribution in [0, 0.1) is 11.7 Å². The Morgan fingerprint density at radius 2 is 2.22 bits per heavy atom. The maximum absolute atomic E-state index is 13.4. The molecule has 1 aliphatic carbocycles. The van der Waals surface area contributed by atoms with E-state index in [-0.39, 0.29) is 11.9 Å². The quantitative estimate of drug-likeness (QED) is 0.946. The Morgan fingerprint density at radius 1 is 1.44 bits per heavy atom. The average Bonchev–Trinajstić information content (AvgIpc) is 3.09. The predicted molar refractivity (Wildman–Crippen MR) is 67.0 cm³/mol. The van der Waals surface area contributed by atoms with Crippen molar-refractivity contribution in [1.82, 2.24) is 10.1 Å². The minimum absolute atomic E-state index is 0.178. The summed E-state index contributed by atoms with van der Waals surface area (Å²) in [6.45, 7) is 0. The van der Waals surface area contributed by atoms with Gasteiger partial charge in [0.15, 0.2) is 5.82 Å². The molecule has 4 nitrogen and oxygen atoms in total. The molecule has 3 rings (SSSR count). The van der Waals surface area contributed by atoms with Gasteiger partial charge in [0.05, 0.1) is 10.5 Å². The molecule has 0 amide bonds. The minimum atomic E-state index is -0.362.